The fourth-order valence-electron chi connectivity index (χ4n) is 4.17. The highest BCUT2D eigenvalue weighted by molar-refractivity contribution is 5.81. The Kier molecular flexibility index (Phi) is 6.09. The number of rotatable bonds is 5. The lowest BCUT2D eigenvalue weighted by Gasteiger charge is -2.34. The SMILES string of the molecule is CCOC(=O)C1(NC2CCCC2)CCCC(C(C)C)CC1. The van der Waals surface area contributed by atoms with Crippen molar-refractivity contribution in [3.8, 4) is 0 Å². The third kappa shape index (κ3) is 4.21. The van der Waals surface area contributed by atoms with Crippen molar-refractivity contribution in [2.24, 2.45) is 11.8 Å². The number of carbonyl (C=O) groups excluding carboxylic acids is 1. The fraction of sp³-hybridized carbons (Fsp3) is 0.944. The van der Waals surface area contributed by atoms with Gasteiger partial charge in [-0.1, -0.05) is 39.5 Å². The highest BCUT2D eigenvalue weighted by atomic mass is 16.5. The number of hydrogen-bond donors (Lipinski definition) is 1. The number of carbonyl (C=O) groups is 1. The molecule has 1 N–H and O–H groups in total. The van der Waals surface area contributed by atoms with E-state index in [2.05, 4.69) is 19.2 Å². The lowest BCUT2D eigenvalue weighted by Crippen LogP contribution is -2.56. The van der Waals surface area contributed by atoms with Crippen molar-refractivity contribution < 1.29 is 9.53 Å². The molecule has 2 atom stereocenters. The molecule has 0 radical (unpaired) electrons. The van der Waals surface area contributed by atoms with Crippen molar-refractivity contribution >= 4 is 5.97 Å². The van der Waals surface area contributed by atoms with Gasteiger partial charge < -0.3 is 4.74 Å². The zero-order valence-electron chi connectivity index (χ0n) is 14.1. The van der Waals surface area contributed by atoms with Crippen molar-refractivity contribution in [2.45, 2.75) is 90.1 Å². The van der Waals surface area contributed by atoms with E-state index < -0.39 is 5.54 Å². The van der Waals surface area contributed by atoms with Gasteiger partial charge in [-0.05, 0) is 50.9 Å². The van der Waals surface area contributed by atoms with Gasteiger partial charge in [-0.3, -0.25) is 10.1 Å². The Bertz CT molecular complexity index is 336. The van der Waals surface area contributed by atoms with E-state index in [-0.39, 0.29) is 5.97 Å². The van der Waals surface area contributed by atoms with Crippen molar-refractivity contribution in [1.29, 1.82) is 0 Å². The Morgan fingerprint density at radius 1 is 1.14 bits per heavy atom. The number of nitrogens with one attached hydrogen (secondary N) is 1. The van der Waals surface area contributed by atoms with E-state index in [1.165, 1.54) is 32.1 Å². The van der Waals surface area contributed by atoms with E-state index in [4.69, 9.17) is 4.74 Å². The molecule has 0 bridgehead atoms. The molecule has 2 unspecified atom stereocenters. The van der Waals surface area contributed by atoms with Gasteiger partial charge in [-0.25, -0.2) is 0 Å². The van der Waals surface area contributed by atoms with Gasteiger partial charge in [-0.15, -0.1) is 0 Å². The first-order valence-corrected chi connectivity index (χ1v) is 9.02. The lowest BCUT2D eigenvalue weighted by molar-refractivity contribution is -0.152. The quantitative estimate of drug-likeness (QED) is 0.614. The van der Waals surface area contributed by atoms with Crippen molar-refractivity contribution in [3.63, 3.8) is 0 Å². The predicted molar refractivity (Wildman–Crippen MR) is 86.2 cm³/mol. The Hall–Kier alpha value is -0.570. The normalized spacial score (nSPS) is 31.3. The summed E-state index contributed by atoms with van der Waals surface area (Å²) in [6, 6.07) is 0.519. The Labute approximate surface area is 130 Å². The van der Waals surface area contributed by atoms with Gasteiger partial charge in [-0.2, -0.15) is 0 Å². The van der Waals surface area contributed by atoms with Gasteiger partial charge >= 0.3 is 5.97 Å². The second kappa shape index (κ2) is 7.62. The minimum Gasteiger partial charge on any atom is -0.465 e. The minimum absolute atomic E-state index is 0.00121. The van der Waals surface area contributed by atoms with Crippen LogP contribution >= 0.6 is 0 Å². The Morgan fingerprint density at radius 2 is 1.86 bits per heavy atom. The average Bonchev–Trinajstić information content (AvgIpc) is 2.84. The van der Waals surface area contributed by atoms with Crippen LogP contribution < -0.4 is 5.32 Å². The summed E-state index contributed by atoms with van der Waals surface area (Å²) in [7, 11) is 0. The van der Waals surface area contributed by atoms with E-state index in [0.717, 1.165) is 37.5 Å². The molecule has 0 amide bonds. The standard InChI is InChI=1S/C18H33NO2/c1-4-21-17(20)18(19-16-9-5-6-10-16)12-7-8-15(11-13-18)14(2)3/h14-16,19H,4-13H2,1-3H3. The van der Waals surface area contributed by atoms with Crippen LogP contribution in [0.3, 0.4) is 0 Å². The smallest absolute Gasteiger partial charge is 0.326 e. The van der Waals surface area contributed by atoms with Gasteiger partial charge in [0.25, 0.3) is 0 Å². The van der Waals surface area contributed by atoms with Gasteiger partial charge in [0.1, 0.15) is 5.54 Å². The summed E-state index contributed by atoms with van der Waals surface area (Å²) < 4.78 is 5.44. The van der Waals surface area contributed by atoms with E-state index in [1.54, 1.807) is 0 Å². The zero-order chi connectivity index (χ0) is 15.3. The van der Waals surface area contributed by atoms with Gasteiger partial charge in [0, 0.05) is 6.04 Å². The molecule has 0 aliphatic heterocycles. The zero-order valence-corrected chi connectivity index (χ0v) is 14.1. The Balaban J connectivity index is 2.09. The van der Waals surface area contributed by atoms with E-state index in [9.17, 15) is 4.79 Å². The van der Waals surface area contributed by atoms with Crippen LogP contribution in [0.25, 0.3) is 0 Å². The molecule has 2 aliphatic carbocycles. The van der Waals surface area contributed by atoms with Crippen LogP contribution in [-0.2, 0) is 9.53 Å². The average molecular weight is 295 g/mol. The highest BCUT2D eigenvalue weighted by Gasteiger charge is 2.43. The van der Waals surface area contributed by atoms with E-state index in [1.807, 2.05) is 6.92 Å². The molecule has 0 heterocycles. The molecule has 3 heteroatoms. The maximum atomic E-state index is 12.7. The summed E-state index contributed by atoms with van der Waals surface area (Å²) in [5.74, 6) is 1.47. The third-order valence-electron chi connectivity index (χ3n) is 5.56. The van der Waals surface area contributed by atoms with Gasteiger partial charge in [0.05, 0.1) is 6.61 Å². The largest absolute Gasteiger partial charge is 0.465 e. The first-order chi connectivity index (χ1) is 10.1. The molecule has 3 nitrogen and oxygen atoms in total. The summed E-state index contributed by atoms with van der Waals surface area (Å²) in [5, 5.41) is 3.74. The van der Waals surface area contributed by atoms with Crippen molar-refractivity contribution in [3.05, 3.63) is 0 Å². The molecule has 122 valence electrons. The number of ether oxygens (including phenoxy) is 1. The molecule has 0 saturated heterocycles. The molecule has 0 spiro atoms. The maximum Gasteiger partial charge on any atom is 0.326 e. The molecular formula is C18H33NO2. The van der Waals surface area contributed by atoms with E-state index >= 15 is 0 Å². The third-order valence-corrected chi connectivity index (χ3v) is 5.56. The van der Waals surface area contributed by atoms with Crippen LogP contribution in [-0.4, -0.2) is 24.2 Å². The summed E-state index contributed by atoms with van der Waals surface area (Å²) in [6.07, 6.45) is 10.5. The first-order valence-electron chi connectivity index (χ1n) is 9.02. The van der Waals surface area contributed by atoms with E-state index in [0.29, 0.717) is 12.6 Å². The predicted octanol–water partition coefficient (Wildman–Crippen LogP) is 4.06. The van der Waals surface area contributed by atoms with Crippen LogP contribution in [0.4, 0.5) is 0 Å². The molecule has 0 aromatic carbocycles. The summed E-state index contributed by atoms with van der Waals surface area (Å²) in [5.41, 5.74) is -0.408. The van der Waals surface area contributed by atoms with Crippen LogP contribution in [0.1, 0.15) is 78.6 Å². The Morgan fingerprint density at radius 3 is 2.48 bits per heavy atom. The number of hydrogen-bond acceptors (Lipinski definition) is 3. The summed E-state index contributed by atoms with van der Waals surface area (Å²) in [6.45, 7) is 7.02. The molecular weight excluding hydrogens is 262 g/mol. The summed E-state index contributed by atoms with van der Waals surface area (Å²) in [4.78, 5) is 12.7. The van der Waals surface area contributed by atoms with Gasteiger partial charge in [0.15, 0.2) is 0 Å². The van der Waals surface area contributed by atoms with Gasteiger partial charge in [0.2, 0.25) is 0 Å². The second-order valence-electron chi connectivity index (χ2n) is 7.36. The van der Waals surface area contributed by atoms with Crippen molar-refractivity contribution in [2.75, 3.05) is 6.61 Å². The van der Waals surface area contributed by atoms with Crippen LogP contribution in [0, 0.1) is 11.8 Å². The topological polar surface area (TPSA) is 38.3 Å². The van der Waals surface area contributed by atoms with Crippen LogP contribution in [0.5, 0.6) is 0 Å². The molecule has 2 aliphatic rings. The molecule has 2 saturated carbocycles. The molecule has 0 aromatic rings. The molecule has 21 heavy (non-hydrogen) atoms. The fourth-order valence-corrected chi connectivity index (χ4v) is 4.17. The van der Waals surface area contributed by atoms with Crippen LogP contribution in [0.2, 0.25) is 0 Å². The maximum absolute atomic E-state index is 12.7. The second-order valence-corrected chi connectivity index (χ2v) is 7.36. The lowest BCUT2D eigenvalue weighted by atomic mass is 9.86. The number of esters is 1. The van der Waals surface area contributed by atoms with Crippen LogP contribution in [0.15, 0.2) is 0 Å². The van der Waals surface area contributed by atoms with Crippen molar-refractivity contribution in [1.82, 2.24) is 5.32 Å². The molecule has 2 rings (SSSR count). The minimum atomic E-state index is -0.408. The highest BCUT2D eigenvalue weighted by Crippen LogP contribution is 2.36. The monoisotopic (exact) mass is 295 g/mol. The molecule has 2 fully saturated rings. The first kappa shape index (κ1) is 16.8. The summed E-state index contributed by atoms with van der Waals surface area (Å²) >= 11 is 0. The molecule has 0 aromatic heterocycles.